The van der Waals surface area contributed by atoms with Crippen molar-refractivity contribution in [1.82, 2.24) is 14.6 Å². The van der Waals surface area contributed by atoms with E-state index in [1.54, 1.807) is 24.5 Å². The molecule has 1 amide bonds. The van der Waals surface area contributed by atoms with E-state index in [9.17, 15) is 9.18 Å². The van der Waals surface area contributed by atoms with E-state index in [1.807, 2.05) is 0 Å². The number of amides is 1. The number of halogens is 2. The van der Waals surface area contributed by atoms with Crippen LogP contribution in [0.5, 0.6) is 0 Å². The average molecular weight is 291 g/mol. The molecule has 1 N–H and O–H groups in total. The standard InChI is InChI=1S/C13H8ClFN4O/c14-9-3-1-4-10(11(9)15)18-13(20)8-7-17-19-6-2-5-16-12(8)19/h1-7H,(H,18,20). The van der Waals surface area contributed by atoms with Gasteiger partial charge in [-0.05, 0) is 18.2 Å². The van der Waals surface area contributed by atoms with Crippen LogP contribution in [0.3, 0.4) is 0 Å². The van der Waals surface area contributed by atoms with Crippen LogP contribution >= 0.6 is 11.6 Å². The zero-order valence-corrected chi connectivity index (χ0v) is 10.8. The lowest BCUT2D eigenvalue weighted by Gasteiger charge is -2.06. The van der Waals surface area contributed by atoms with Crippen molar-refractivity contribution in [3.63, 3.8) is 0 Å². The van der Waals surface area contributed by atoms with E-state index in [1.165, 1.54) is 22.8 Å². The van der Waals surface area contributed by atoms with Gasteiger partial charge in [-0.2, -0.15) is 5.10 Å². The van der Waals surface area contributed by atoms with Crippen molar-refractivity contribution in [2.75, 3.05) is 5.32 Å². The number of hydrogen-bond acceptors (Lipinski definition) is 3. The number of carbonyl (C=O) groups is 1. The van der Waals surface area contributed by atoms with Crippen molar-refractivity contribution in [3.05, 3.63) is 59.3 Å². The zero-order chi connectivity index (χ0) is 14.1. The molecule has 0 aliphatic rings. The smallest absolute Gasteiger partial charge is 0.261 e. The summed E-state index contributed by atoms with van der Waals surface area (Å²) in [6, 6.07) is 6.08. The Kier molecular flexibility index (Phi) is 3.08. The number of fused-ring (bicyclic) bond motifs is 1. The predicted molar refractivity (Wildman–Crippen MR) is 72.4 cm³/mol. The first kappa shape index (κ1) is 12.6. The van der Waals surface area contributed by atoms with Gasteiger partial charge in [0.25, 0.3) is 5.91 Å². The van der Waals surface area contributed by atoms with Crippen molar-refractivity contribution in [1.29, 1.82) is 0 Å². The van der Waals surface area contributed by atoms with Gasteiger partial charge in [0.1, 0.15) is 5.56 Å². The minimum atomic E-state index is -0.674. The van der Waals surface area contributed by atoms with Crippen LogP contribution in [0.15, 0.2) is 42.9 Å². The minimum Gasteiger partial charge on any atom is -0.319 e. The van der Waals surface area contributed by atoms with Crippen molar-refractivity contribution in [2.45, 2.75) is 0 Å². The quantitative estimate of drug-likeness (QED) is 0.789. The van der Waals surface area contributed by atoms with E-state index < -0.39 is 11.7 Å². The highest BCUT2D eigenvalue weighted by molar-refractivity contribution is 6.31. The first-order chi connectivity index (χ1) is 9.66. The molecule has 3 aromatic rings. The summed E-state index contributed by atoms with van der Waals surface area (Å²) in [5.41, 5.74) is 0.662. The lowest BCUT2D eigenvalue weighted by atomic mass is 10.2. The Morgan fingerprint density at radius 2 is 2.20 bits per heavy atom. The Morgan fingerprint density at radius 1 is 1.35 bits per heavy atom. The van der Waals surface area contributed by atoms with Crippen LogP contribution in [0.1, 0.15) is 10.4 Å². The Bertz CT molecular complexity index is 802. The summed E-state index contributed by atoms with van der Waals surface area (Å²) in [6.45, 7) is 0. The first-order valence-corrected chi connectivity index (χ1v) is 6.08. The van der Waals surface area contributed by atoms with Gasteiger partial charge in [0, 0.05) is 12.4 Å². The summed E-state index contributed by atoms with van der Waals surface area (Å²) in [4.78, 5) is 16.2. The molecule has 2 heterocycles. The molecular weight excluding hydrogens is 283 g/mol. The van der Waals surface area contributed by atoms with E-state index >= 15 is 0 Å². The molecule has 0 saturated heterocycles. The van der Waals surface area contributed by atoms with E-state index in [2.05, 4.69) is 15.4 Å². The normalized spacial score (nSPS) is 10.7. The van der Waals surface area contributed by atoms with Crippen molar-refractivity contribution in [2.24, 2.45) is 0 Å². The van der Waals surface area contributed by atoms with E-state index in [0.717, 1.165) is 0 Å². The summed E-state index contributed by atoms with van der Waals surface area (Å²) in [7, 11) is 0. The molecule has 0 saturated carbocycles. The predicted octanol–water partition coefficient (Wildman–Crippen LogP) is 2.77. The second kappa shape index (κ2) is 4.90. The number of anilines is 1. The number of benzene rings is 1. The second-order valence-electron chi connectivity index (χ2n) is 4.00. The third-order valence-electron chi connectivity index (χ3n) is 2.72. The van der Waals surface area contributed by atoms with Gasteiger partial charge in [-0.1, -0.05) is 17.7 Å². The number of hydrogen-bond donors (Lipinski definition) is 1. The van der Waals surface area contributed by atoms with Gasteiger partial charge < -0.3 is 5.32 Å². The summed E-state index contributed by atoms with van der Waals surface area (Å²) in [5, 5.41) is 6.39. The Morgan fingerprint density at radius 3 is 3.05 bits per heavy atom. The van der Waals surface area contributed by atoms with Gasteiger partial charge in [-0.25, -0.2) is 13.9 Å². The lowest BCUT2D eigenvalue weighted by molar-refractivity contribution is 0.102. The highest BCUT2D eigenvalue weighted by Gasteiger charge is 2.16. The molecular formula is C13H8ClFN4O. The Hall–Kier alpha value is -2.47. The fraction of sp³-hybridized carbons (Fsp3) is 0. The van der Waals surface area contributed by atoms with Crippen LogP contribution in [0, 0.1) is 5.82 Å². The fourth-order valence-corrected chi connectivity index (χ4v) is 1.95. The van der Waals surface area contributed by atoms with Gasteiger partial charge in [-0.15, -0.1) is 0 Å². The molecule has 1 aromatic carbocycles. The number of rotatable bonds is 2. The molecule has 0 fully saturated rings. The van der Waals surface area contributed by atoms with Crippen molar-refractivity contribution >= 4 is 28.8 Å². The highest BCUT2D eigenvalue weighted by Crippen LogP contribution is 2.22. The molecule has 100 valence electrons. The molecule has 0 unspecified atom stereocenters. The molecule has 2 aromatic heterocycles. The van der Waals surface area contributed by atoms with Crippen LogP contribution < -0.4 is 5.32 Å². The molecule has 0 aliphatic heterocycles. The number of nitrogens with one attached hydrogen (secondary N) is 1. The minimum absolute atomic E-state index is 0.0118. The van der Waals surface area contributed by atoms with Gasteiger partial charge in [0.15, 0.2) is 11.5 Å². The van der Waals surface area contributed by atoms with Crippen LogP contribution in [0.2, 0.25) is 5.02 Å². The van der Waals surface area contributed by atoms with E-state index in [4.69, 9.17) is 11.6 Å². The molecule has 0 atom stereocenters. The summed E-state index contributed by atoms with van der Waals surface area (Å²) < 4.78 is 15.2. The van der Waals surface area contributed by atoms with Gasteiger partial charge in [0.2, 0.25) is 0 Å². The fourth-order valence-electron chi connectivity index (χ4n) is 1.78. The Labute approximate surface area is 118 Å². The van der Waals surface area contributed by atoms with Gasteiger partial charge >= 0.3 is 0 Å². The molecule has 0 radical (unpaired) electrons. The van der Waals surface area contributed by atoms with Gasteiger partial charge in [0.05, 0.1) is 16.9 Å². The van der Waals surface area contributed by atoms with E-state index in [0.29, 0.717) is 5.65 Å². The maximum Gasteiger partial charge on any atom is 0.261 e. The summed E-state index contributed by atoms with van der Waals surface area (Å²) >= 11 is 5.66. The van der Waals surface area contributed by atoms with Crippen LogP contribution in [0.25, 0.3) is 5.65 Å². The number of nitrogens with zero attached hydrogens (tertiary/aromatic N) is 3. The van der Waals surface area contributed by atoms with Crippen LogP contribution in [0.4, 0.5) is 10.1 Å². The molecule has 0 aliphatic carbocycles. The van der Waals surface area contributed by atoms with Crippen molar-refractivity contribution in [3.8, 4) is 0 Å². The maximum atomic E-state index is 13.7. The molecule has 0 bridgehead atoms. The SMILES string of the molecule is O=C(Nc1cccc(Cl)c1F)c1cnn2cccnc12. The van der Waals surface area contributed by atoms with Crippen LogP contribution in [-0.2, 0) is 0 Å². The first-order valence-electron chi connectivity index (χ1n) is 5.70. The lowest BCUT2D eigenvalue weighted by Crippen LogP contribution is -2.13. The second-order valence-corrected chi connectivity index (χ2v) is 4.41. The van der Waals surface area contributed by atoms with Crippen LogP contribution in [-0.4, -0.2) is 20.5 Å². The summed E-state index contributed by atoms with van der Waals surface area (Å²) in [5.74, 6) is -1.17. The average Bonchev–Trinajstić information content (AvgIpc) is 2.88. The summed E-state index contributed by atoms with van der Waals surface area (Å²) in [6.07, 6.45) is 4.59. The highest BCUT2D eigenvalue weighted by atomic mass is 35.5. The third kappa shape index (κ3) is 2.10. The molecule has 5 nitrogen and oxygen atoms in total. The number of aromatic nitrogens is 3. The monoisotopic (exact) mass is 290 g/mol. The third-order valence-corrected chi connectivity index (χ3v) is 3.02. The number of carbonyl (C=O) groups excluding carboxylic acids is 1. The molecule has 20 heavy (non-hydrogen) atoms. The zero-order valence-electron chi connectivity index (χ0n) is 10.0. The van der Waals surface area contributed by atoms with Gasteiger partial charge in [-0.3, -0.25) is 4.79 Å². The largest absolute Gasteiger partial charge is 0.319 e. The molecule has 3 rings (SSSR count). The van der Waals surface area contributed by atoms with Crippen molar-refractivity contribution < 1.29 is 9.18 Å². The maximum absolute atomic E-state index is 13.7. The topological polar surface area (TPSA) is 59.3 Å². The Balaban J connectivity index is 1.95. The molecule has 7 heteroatoms. The van der Waals surface area contributed by atoms with E-state index in [-0.39, 0.29) is 16.3 Å². The molecule has 0 spiro atoms.